The molecule has 1 fully saturated rings. The number of carbonyl (C=O) groups is 1. The summed E-state index contributed by atoms with van der Waals surface area (Å²) in [6.45, 7) is 3.70. The van der Waals surface area contributed by atoms with Crippen molar-refractivity contribution in [1.82, 2.24) is 4.90 Å². The van der Waals surface area contributed by atoms with Gasteiger partial charge in [-0.2, -0.15) is 8.42 Å². The van der Waals surface area contributed by atoms with Crippen LogP contribution in [0.15, 0.2) is 33.6 Å². The summed E-state index contributed by atoms with van der Waals surface area (Å²) < 4.78 is 28.0. The molecular formula is C15H19N3O3S2. The van der Waals surface area contributed by atoms with Crippen molar-refractivity contribution in [2.75, 3.05) is 24.2 Å². The van der Waals surface area contributed by atoms with Crippen molar-refractivity contribution < 1.29 is 13.2 Å². The first kappa shape index (κ1) is 16.3. The molecule has 0 aliphatic carbocycles. The number of hydrogen-bond donors (Lipinski definition) is 1. The maximum atomic E-state index is 12.3. The number of nitrogens with zero attached hydrogens (tertiary/aromatic N) is 2. The summed E-state index contributed by atoms with van der Waals surface area (Å²) in [7, 11) is -3.69. The summed E-state index contributed by atoms with van der Waals surface area (Å²) in [4.78, 5) is 14.3. The minimum Gasteiger partial charge on any atom is -0.342 e. The lowest BCUT2D eigenvalue weighted by atomic mass is 10.0. The summed E-state index contributed by atoms with van der Waals surface area (Å²) in [5, 5.41) is 3.23. The highest BCUT2D eigenvalue weighted by Crippen LogP contribution is 2.29. The predicted molar refractivity (Wildman–Crippen MR) is 92.1 cm³/mol. The van der Waals surface area contributed by atoms with Crippen molar-refractivity contribution in [1.29, 1.82) is 0 Å². The van der Waals surface area contributed by atoms with Crippen LogP contribution in [0, 0.1) is 5.92 Å². The van der Waals surface area contributed by atoms with Gasteiger partial charge in [0.1, 0.15) is 4.90 Å². The van der Waals surface area contributed by atoms with E-state index in [0.717, 1.165) is 37.7 Å². The number of hydrogen-bond acceptors (Lipinski definition) is 5. The molecule has 1 saturated heterocycles. The molecule has 2 aliphatic heterocycles. The van der Waals surface area contributed by atoms with Crippen molar-refractivity contribution in [2.45, 2.75) is 24.7 Å². The van der Waals surface area contributed by atoms with Crippen LogP contribution in [-0.2, 0) is 14.8 Å². The van der Waals surface area contributed by atoms with E-state index >= 15 is 0 Å². The highest BCUT2D eigenvalue weighted by atomic mass is 32.2. The summed E-state index contributed by atoms with van der Waals surface area (Å²) in [6.07, 6.45) is 2.18. The fourth-order valence-electron chi connectivity index (χ4n) is 2.79. The number of carbonyl (C=O) groups excluding carboxylic acids is 1. The van der Waals surface area contributed by atoms with Gasteiger partial charge in [0, 0.05) is 13.1 Å². The van der Waals surface area contributed by atoms with Crippen LogP contribution in [0.2, 0.25) is 0 Å². The van der Waals surface area contributed by atoms with Crippen LogP contribution < -0.4 is 5.32 Å². The average molecular weight is 353 g/mol. The van der Waals surface area contributed by atoms with Crippen LogP contribution in [0.5, 0.6) is 0 Å². The third-order valence-corrected chi connectivity index (χ3v) is 6.26. The standard InChI is InChI=1S/C15H19N3O3S2/c1-11-5-4-8-18(9-11)14(19)10-22-15-16-12-6-2-3-7-13(12)23(20,21)17-15/h2-3,6-7,11H,4-5,8-10H2,1H3,(H,16,17)/t11-/m0/s1. The molecule has 1 amide bonds. The Morgan fingerprint density at radius 3 is 3.00 bits per heavy atom. The number of anilines is 1. The van der Waals surface area contributed by atoms with Crippen LogP contribution in [0.3, 0.4) is 0 Å². The fraction of sp³-hybridized carbons (Fsp3) is 0.467. The van der Waals surface area contributed by atoms with Gasteiger partial charge < -0.3 is 10.2 Å². The Balaban J connectivity index is 1.65. The number of rotatable bonds is 2. The van der Waals surface area contributed by atoms with Gasteiger partial charge in [0.2, 0.25) is 5.91 Å². The molecule has 8 heteroatoms. The molecule has 124 valence electrons. The van der Waals surface area contributed by atoms with Gasteiger partial charge in [0.25, 0.3) is 10.0 Å². The highest BCUT2D eigenvalue weighted by molar-refractivity contribution is 8.15. The maximum absolute atomic E-state index is 12.3. The lowest BCUT2D eigenvalue weighted by Gasteiger charge is -2.31. The van der Waals surface area contributed by atoms with E-state index in [1.807, 2.05) is 4.90 Å². The number of amides is 1. The highest BCUT2D eigenvalue weighted by Gasteiger charge is 2.26. The molecule has 1 aromatic rings. The van der Waals surface area contributed by atoms with Gasteiger partial charge in [-0.25, -0.2) is 0 Å². The topological polar surface area (TPSA) is 78.8 Å². The zero-order valence-electron chi connectivity index (χ0n) is 12.9. The number of fused-ring (bicyclic) bond motifs is 1. The van der Waals surface area contributed by atoms with E-state index in [1.165, 1.54) is 6.07 Å². The zero-order valence-corrected chi connectivity index (χ0v) is 14.5. The number of sulfonamides is 1. The molecule has 0 saturated carbocycles. The molecular weight excluding hydrogens is 334 g/mol. The van der Waals surface area contributed by atoms with E-state index in [-0.39, 0.29) is 21.7 Å². The molecule has 1 aromatic carbocycles. The summed E-state index contributed by atoms with van der Waals surface area (Å²) in [6, 6.07) is 6.63. The normalized spacial score (nSPS) is 22.7. The van der Waals surface area contributed by atoms with Gasteiger partial charge in [-0.1, -0.05) is 30.8 Å². The van der Waals surface area contributed by atoms with Crippen molar-refractivity contribution in [3.05, 3.63) is 24.3 Å². The number of nitrogens with one attached hydrogen (secondary N) is 1. The number of para-hydroxylation sites is 1. The molecule has 2 heterocycles. The summed E-state index contributed by atoms with van der Waals surface area (Å²) in [5.74, 6) is 0.744. The third kappa shape index (κ3) is 3.69. The fourth-order valence-corrected chi connectivity index (χ4v) is 4.93. The number of likely N-dealkylation sites (tertiary alicyclic amines) is 1. The molecule has 6 nitrogen and oxygen atoms in total. The Morgan fingerprint density at radius 1 is 1.43 bits per heavy atom. The number of piperidine rings is 1. The van der Waals surface area contributed by atoms with E-state index in [2.05, 4.69) is 16.6 Å². The van der Waals surface area contributed by atoms with Gasteiger partial charge in [0.05, 0.1) is 11.4 Å². The number of amidine groups is 1. The van der Waals surface area contributed by atoms with E-state index in [9.17, 15) is 13.2 Å². The molecule has 0 radical (unpaired) electrons. The average Bonchev–Trinajstić information content (AvgIpc) is 2.52. The van der Waals surface area contributed by atoms with E-state index in [4.69, 9.17) is 0 Å². The van der Waals surface area contributed by atoms with Gasteiger partial charge in [-0.3, -0.25) is 4.79 Å². The molecule has 1 N–H and O–H groups in total. The van der Waals surface area contributed by atoms with Crippen molar-refractivity contribution in [3.8, 4) is 0 Å². The Bertz CT molecular complexity index is 746. The quantitative estimate of drug-likeness (QED) is 0.881. The van der Waals surface area contributed by atoms with Crippen LogP contribution in [0.1, 0.15) is 19.8 Å². The molecule has 0 aromatic heterocycles. The third-order valence-electron chi connectivity index (χ3n) is 3.95. The second-order valence-electron chi connectivity index (χ2n) is 5.87. The molecule has 0 bridgehead atoms. The minimum atomic E-state index is -3.69. The monoisotopic (exact) mass is 353 g/mol. The SMILES string of the molecule is C[C@H]1CCCN(C(=O)CSC2=NS(=O)(=O)c3ccccc3N2)C1. The molecule has 3 rings (SSSR count). The zero-order chi connectivity index (χ0) is 16.4. The van der Waals surface area contributed by atoms with Crippen LogP contribution in [0.25, 0.3) is 0 Å². The van der Waals surface area contributed by atoms with E-state index in [0.29, 0.717) is 11.6 Å². The maximum Gasteiger partial charge on any atom is 0.286 e. The molecule has 0 spiro atoms. The first-order chi connectivity index (χ1) is 11.0. The first-order valence-electron chi connectivity index (χ1n) is 7.57. The summed E-state index contributed by atoms with van der Waals surface area (Å²) >= 11 is 1.13. The number of benzene rings is 1. The van der Waals surface area contributed by atoms with E-state index in [1.54, 1.807) is 18.2 Å². The van der Waals surface area contributed by atoms with E-state index < -0.39 is 10.0 Å². The van der Waals surface area contributed by atoms with Gasteiger partial charge in [0.15, 0.2) is 5.17 Å². The second kappa shape index (κ2) is 6.52. The van der Waals surface area contributed by atoms with Gasteiger partial charge in [-0.15, -0.1) is 4.40 Å². The van der Waals surface area contributed by atoms with Crippen molar-refractivity contribution in [2.24, 2.45) is 10.3 Å². The summed E-state index contributed by atoms with van der Waals surface area (Å²) in [5.41, 5.74) is 0.504. The molecule has 2 aliphatic rings. The minimum absolute atomic E-state index is 0.0299. The van der Waals surface area contributed by atoms with Gasteiger partial charge in [-0.05, 0) is 30.9 Å². The molecule has 23 heavy (non-hydrogen) atoms. The Hall–Kier alpha value is -1.54. The van der Waals surface area contributed by atoms with Gasteiger partial charge >= 0.3 is 0 Å². The second-order valence-corrected chi connectivity index (χ2v) is 8.41. The van der Waals surface area contributed by atoms with Crippen molar-refractivity contribution in [3.63, 3.8) is 0 Å². The predicted octanol–water partition coefficient (Wildman–Crippen LogP) is 2.15. The Labute approximate surface area is 140 Å². The largest absolute Gasteiger partial charge is 0.342 e. The smallest absolute Gasteiger partial charge is 0.286 e. The Kier molecular flexibility index (Phi) is 4.63. The van der Waals surface area contributed by atoms with Crippen LogP contribution in [-0.4, -0.2) is 43.2 Å². The van der Waals surface area contributed by atoms with Crippen LogP contribution >= 0.6 is 11.8 Å². The van der Waals surface area contributed by atoms with Crippen LogP contribution in [0.4, 0.5) is 5.69 Å². The number of thioether (sulfide) groups is 1. The lowest BCUT2D eigenvalue weighted by Crippen LogP contribution is -2.40. The first-order valence-corrected chi connectivity index (χ1v) is 10.00. The molecule has 0 unspecified atom stereocenters. The Morgan fingerprint density at radius 2 is 2.22 bits per heavy atom. The molecule has 1 atom stereocenters. The van der Waals surface area contributed by atoms with Crippen molar-refractivity contribution >= 4 is 38.5 Å². The lowest BCUT2D eigenvalue weighted by molar-refractivity contribution is -0.129.